The zero-order valence-corrected chi connectivity index (χ0v) is 12.6. The highest BCUT2D eigenvalue weighted by Crippen LogP contribution is 2.19. The second-order valence-electron chi connectivity index (χ2n) is 5.49. The molecule has 2 rings (SSSR count). The standard InChI is InChI=1S/C16H24N4/c1-13(2)20(3)11-7-6-10-17-16-15-9-5-4-8-14(15)12-18-19-16/h4-5,8-9,12-13H,6-7,10-11H2,1-3H3,(H,17,19). The molecule has 0 aliphatic heterocycles. The van der Waals surface area contributed by atoms with E-state index in [4.69, 9.17) is 0 Å². The molecule has 0 amide bonds. The number of hydrogen-bond acceptors (Lipinski definition) is 4. The van der Waals surface area contributed by atoms with E-state index in [1.54, 1.807) is 6.20 Å². The van der Waals surface area contributed by atoms with Crippen LogP contribution in [0.4, 0.5) is 5.82 Å². The summed E-state index contributed by atoms with van der Waals surface area (Å²) in [5.74, 6) is 0.889. The molecule has 1 aromatic carbocycles. The van der Waals surface area contributed by atoms with Crippen molar-refractivity contribution in [2.75, 3.05) is 25.5 Å². The molecule has 0 saturated heterocycles. The van der Waals surface area contributed by atoms with Gasteiger partial charge in [0.2, 0.25) is 0 Å². The maximum absolute atomic E-state index is 4.20. The first-order chi connectivity index (χ1) is 9.68. The van der Waals surface area contributed by atoms with Crippen LogP contribution in [-0.2, 0) is 0 Å². The van der Waals surface area contributed by atoms with E-state index < -0.39 is 0 Å². The largest absolute Gasteiger partial charge is 0.368 e. The van der Waals surface area contributed by atoms with Crippen LogP contribution in [0.1, 0.15) is 26.7 Å². The minimum Gasteiger partial charge on any atom is -0.368 e. The summed E-state index contributed by atoms with van der Waals surface area (Å²) < 4.78 is 0. The van der Waals surface area contributed by atoms with Crippen LogP contribution in [-0.4, -0.2) is 41.3 Å². The first-order valence-corrected chi connectivity index (χ1v) is 7.33. The highest BCUT2D eigenvalue weighted by atomic mass is 15.2. The summed E-state index contributed by atoms with van der Waals surface area (Å²) >= 11 is 0. The Morgan fingerprint density at radius 1 is 1.20 bits per heavy atom. The average molecular weight is 272 g/mol. The lowest BCUT2D eigenvalue weighted by Gasteiger charge is -2.20. The molecule has 20 heavy (non-hydrogen) atoms. The number of aromatic nitrogens is 2. The van der Waals surface area contributed by atoms with Gasteiger partial charge in [-0.15, -0.1) is 5.10 Å². The molecule has 0 unspecified atom stereocenters. The minimum absolute atomic E-state index is 0.617. The minimum atomic E-state index is 0.617. The van der Waals surface area contributed by atoms with Gasteiger partial charge in [-0.2, -0.15) is 5.10 Å². The molecule has 2 aromatic rings. The molecule has 0 bridgehead atoms. The summed E-state index contributed by atoms with van der Waals surface area (Å²) in [5, 5.41) is 13.9. The number of fused-ring (bicyclic) bond motifs is 1. The van der Waals surface area contributed by atoms with E-state index in [0.717, 1.165) is 36.1 Å². The van der Waals surface area contributed by atoms with E-state index in [2.05, 4.69) is 53.4 Å². The van der Waals surface area contributed by atoms with Crippen LogP contribution in [0.5, 0.6) is 0 Å². The maximum atomic E-state index is 4.20. The number of rotatable bonds is 7. The molecule has 4 heteroatoms. The lowest BCUT2D eigenvalue weighted by Crippen LogP contribution is -2.27. The molecule has 0 spiro atoms. The van der Waals surface area contributed by atoms with Gasteiger partial charge in [-0.25, -0.2) is 0 Å². The first-order valence-electron chi connectivity index (χ1n) is 7.33. The van der Waals surface area contributed by atoms with Crippen molar-refractivity contribution in [2.45, 2.75) is 32.7 Å². The lowest BCUT2D eigenvalue weighted by atomic mass is 10.2. The topological polar surface area (TPSA) is 41.0 Å². The van der Waals surface area contributed by atoms with Crippen molar-refractivity contribution < 1.29 is 0 Å². The van der Waals surface area contributed by atoms with Gasteiger partial charge in [-0.05, 0) is 40.3 Å². The highest BCUT2D eigenvalue weighted by Gasteiger charge is 2.03. The summed E-state index contributed by atoms with van der Waals surface area (Å²) in [4.78, 5) is 2.37. The first kappa shape index (κ1) is 14.7. The molecule has 1 N–H and O–H groups in total. The van der Waals surface area contributed by atoms with Gasteiger partial charge in [-0.3, -0.25) is 0 Å². The van der Waals surface area contributed by atoms with Crippen LogP contribution in [0.15, 0.2) is 30.5 Å². The molecule has 1 aromatic heterocycles. The molecule has 4 nitrogen and oxygen atoms in total. The van der Waals surface area contributed by atoms with Gasteiger partial charge in [0, 0.05) is 23.4 Å². The van der Waals surface area contributed by atoms with E-state index in [9.17, 15) is 0 Å². The molecule has 0 saturated carbocycles. The predicted molar refractivity (Wildman–Crippen MR) is 85.0 cm³/mol. The Balaban J connectivity index is 1.82. The predicted octanol–water partition coefficient (Wildman–Crippen LogP) is 3.16. The SMILES string of the molecule is CC(C)N(C)CCCCNc1nncc2ccccc12. The Morgan fingerprint density at radius 2 is 2.00 bits per heavy atom. The van der Waals surface area contributed by atoms with E-state index in [-0.39, 0.29) is 0 Å². The van der Waals surface area contributed by atoms with Gasteiger partial charge >= 0.3 is 0 Å². The fourth-order valence-electron chi connectivity index (χ4n) is 2.11. The fourth-order valence-corrected chi connectivity index (χ4v) is 2.11. The van der Waals surface area contributed by atoms with Gasteiger partial charge in [-0.1, -0.05) is 24.3 Å². The molecule has 0 aliphatic carbocycles. The van der Waals surface area contributed by atoms with E-state index in [1.807, 2.05) is 12.1 Å². The monoisotopic (exact) mass is 272 g/mol. The molecular weight excluding hydrogens is 248 g/mol. The maximum Gasteiger partial charge on any atom is 0.156 e. The summed E-state index contributed by atoms with van der Waals surface area (Å²) in [5.41, 5.74) is 0. The lowest BCUT2D eigenvalue weighted by molar-refractivity contribution is 0.269. The van der Waals surface area contributed by atoms with Gasteiger partial charge in [0.15, 0.2) is 5.82 Å². The van der Waals surface area contributed by atoms with E-state index >= 15 is 0 Å². The van der Waals surface area contributed by atoms with Crippen LogP contribution in [0.25, 0.3) is 10.8 Å². The molecule has 0 atom stereocenters. The molecule has 108 valence electrons. The summed E-state index contributed by atoms with van der Waals surface area (Å²) in [6, 6.07) is 8.82. The van der Waals surface area contributed by atoms with Crippen molar-refractivity contribution in [1.29, 1.82) is 0 Å². The normalized spacial score (nSPS) is 11.4. The van der Waals surface area contributed by atoms with Crippen molar-refractivity contribution in [2.24, 2.45) is 0 Å². The molecular formula is C16H24N4. The summed E-state index contributed by atoms with van der Waals surface area (Å²) in [6.07, 6.45) is 4.14. The van der Waals surface area contributed by atoms with Crippen LogP contribution >= 0.6 is 0 Å². The Morgan fingerprint density at radius 3 is 2.80 bits per heavy atom. The third kappa shape index (κ3) is 3.90. The average Bonchev–Trinajstić information content (AvgIpc) is 2.46. The van der Waals surface area contributed by atoms with Gasteiger partial charge in [0.05, 0.1) is 6.20 Å². The highest BCUT2D eigenvalue weighted by molar-refractivity contribution is 5.90. The third-order valence-corrected chi connectivity index (χ3v) is 3.68. The molecule has 0 aliphatic rings. The van der Waals surface area contributed by atoms with Crippen molar-refractivity contribution >= 4 is 16.6 Å². The smallest absolute Gasteiger partial charge is 0.156 e. The van der Waals surface area contributed by atoms with Gasteiger partial charge in [0.25, 0.3) is 0 Å². The molecule has 0 radical (unpaired) electrons. The summed E-state index contributed by atoms with van der Waals surface area (Å²) in [6.45, 7) is 6.53. The number of benzene rings is 1. The molecule has 1 heterocycles. The second-order valence-corrected chi connectivity index (χ2v) is 5.49. The Labute approximate surface area is 121 Å². The van der Waals surface area contributed by atoms with Crippen LogP contribution in [0, 0.1) is 0 Å². The van der Waals surface area contributed by atoms with E-state index in [0.29, 0.717) is 6.04 Å². The second kappa shape index (κ2) is 7.20. The zero-order valence-electron chi connectivity index (χ0n) is 12.6. The van der Waals surface area contributed by atoms with Crippen molar-refractivity contribution in [1.82, 2.24) is 15.1 Å². The summed E-state index contributed by atoms with van der Waals surface area (Å²) in [7, 11) is 2.17. The number of unbranched alkanes of at least 4 members (excludes halogenated alkanes) is 1. The number of hydrogen-bond donors (Lipinski definition) is 1. The fraction of sp³-hybridized carbons (Fsp3) is 0.500. The number of nitrogens with one attached hydrogen (secondary N) is 1. The Bertz CT molecular complexity index is 533. The van der Waals surface area contributed by atoms with Gasteiger partial charge in [0.1, 0.15) is 0 Å². The third-order valence-electron chi connectivity index (χ3n) is 3.68. The van der Waals surface area contributed by atoms with Crippen molar-refractivity contribution in [3.8, 4) is 0 Å². The van der Waals surface area contributed by atoms with Gasteiger partial charge < -0.3 is 10.2 Å². The van der Waals surface area contributed by atoms with Crippen molar-refractivity contribution in [3.63, 3.8) is 0 Å². The van der Waals surface area contributed by atoms with Crippen LogP contribution < -0.4 is 5.32 Å². The number of nitrogens with zero attached hydrogens (tertiary/aromatic N) is 3. The molecule has 0 fully saturated rings. The number of anilines is 1. The van der Waals surface area contributed by atoms with Crippen LogP contribution in [0.2, 0.25) is 0 Å². The Kier molecular flexibility index (Phi) is 5.30. The van der Waals surface area contributed by atoms with Crippen LogP contribution in [0.3, 0.4) is 0 Å². The quantitative estimate of drug-likeness (QED) is 0.786. The van der Waals surface area contributed by atoms with Crippen molar-refractivity contribution in [3.05, 3.63) is 30.5 Å². The zero-order chi connectivity index (χ0) is 14.4. The Hall–Kier alpha value is -1.68. The van der Waals surface area contributed by atoms with E-state index in [1.165, 1.54) is 6.42 Å².